The number of aryl methyl sites for hydroxylation is 1. The maximum atomic E-state index is 10.8. The number of carboxylic acid groups (broad SMARTS) is 1. The van der Waals surface area contributed by atoms with E-state index in [1.807, 2.05) is 39.2 Å². The number of nitrogens with zero attached hydrogens (tertiary/aromatic N) is 3. The van der Waals surface area contributed by atoms with E-state index in [2.05, 4.69) is 5.10 Å². The third-order valence-electron chi connectivity index (χ3n) is 2.81. The number of carboxylic acids is 1. The van der Waals surface area contributed by atoms with E-state index in [-0.39, 0.29) is 6.42 Å². The first kappa shape index (κ1) is 11.7. The van der Waals surface area contributed by atoms with Gasteiger partial charge in [-0.2, -0.15) is 5.10 Å². The lowest BCUT2D eigenvalue weighted by Gasteiger charge is -2.34. The fraction of sp³-hybridized carbons (Fsp3) is 0.600. The van der Waals surface area contributed by atoms with Gasteiger partial charge in [-0.05, 0) is 21.0 Å². The van der Waals surface area contributed by atoms with E-state index in [0.29, 0.717) is 0 Å². The minimum atomic E-state index is -0.810. The Morgan fingerprint density at radius 3 is 2.60 bits per heavy atom. The lowest BCUT2D eigenvalue weighted by molar-refractivity contribution is -0.140. The fourth-order valence-corrected chi connectivity index (χ4v) is 1.51. The average Bonchev–Trinajstić information content (AvgIpc) is 2.50. The number of carbonyl (C=O) groups is 1. The third-order valence-corrected chi connectivity index (χ3v) is 2.81. The summed E-state index contributed by atoms with van der Waals surface area (Å²) in [6.45, 7) is 1.90. The number of aliphatic carboxylic acids is 1. The van der Waals surface area contributed by atoms with Crippen LogP contribution in [0.3, 0.4) is 0 Å². The van der Waals surface area contributed by atoms with Crippen LogP contribution in [0.1, 0.15) is 18.9 Å². The van der Waals surface area contributed by atoms with Gasteiger partial charge in [0.1, 0.15) is 0 Å². The second-order valence-corrected chi connectivity index (χ2v) is 4.14. The SMILES string of the molecule is CN(C)C(C)(CC(=O)O)c1cnn(C)c1. The number of aromatic nitrogens is 2. The van der Waals surface area contributed by atoms with Crippen LogP contribution in [-0.2, 0) is 17.4 Å². The largest absolute Gasteiger partial charge is 0.481 e. The summed E-state index contributed by atoms with van der Waals surface area (Å²) in [5, 5.41) is 13.0. The van der Waals surface area contributed by atoms with Crippen LogP contribution in [0.15, 0.2) is 12.4 Å². The summed E-state index contributed by atoms with van der Waals surface area (Å²) in [5.41, 5.74) is 0.400. The van der Waals surface area contributed by atoms with Gasteiger partial charge in [0.25, 0.3) is 0 Å². The Morgan fingerprint density at radius 2 is 2.27 bits per heavy atom. The van der Waals surface area contributed by atoms with Gasteiger partial charge in [-0.3, -0.25) is 14.4 Å². The minimum Gasteiger partial charge on any atom is -0.481 e. The molecule has 1 N–H and O–H groups in total. The molecule has 5 nitrogen and oxygen atoms in total. The molecule has 0 fully saturated rings. The lowest BCUT2D eigenvalue weighted by Crippen LogP contribution is -2.40. The minimum absolute atomic E-state index is 0.0612. The van der Waals surface area contributed by atoms with E-state index >= 15 is 0 Å². The van der Waals surface area contributed by atoms with Crippen molar-refractivity contribution in [2.45, 2.75) is 18.9 Å². The molecule has 0 aromatic carbocycles. The summed E-state index contributed by atoms with van der Waals surface area (Å²) < 4.78 is 1.68. The molecule has 1 aromatic rings. The van der Waals surface area contributed by atoms with Crippen molar-refractivity contribution >= 4 is 5.97 Å². The highest BCUT2D eigenvalue weighted by atomic mass is 16.4. The van der Waals surface area contributed by atoms with Gasteiger partial charge in [-0.15, -0.1) is 0 Å². The van der Waals surface area contributed by atoms with Gasteiger partial charge < -0.3 is 5.11 Å². The molecule has 0 saturated heterocycles. The molecule has 0 amide bonds. The molecule has 5 heteroatoms. The van der Waals surface area contributed by atoms with E-state index in [1.165, 1.54) is 0 Å². The molecule has 84 valence electrons. The fourth-order valence-electron chi connectivity index (χ4n) is 1.51. The third kappa shape index (κ3) is 2.36. The maximum absolute atomic E-state index is 10.8. The summed E-state index contributed by atoms with van der Waals surface area (Å²) in [5.74, 6) is -0.810. The van der Waals surface area contributed by atoms with Crippen molar-refractivity contribution < 1.29 is 9.90 Å². The average molecular weight is 211 g/mol. The molecule has 0 aliphatic heterocycles. The highest BCUT2D eigenvalue weighted by molar-refractivity contribution is 5.68. The Bertz CT molecular complexity index is 359. The van der Waals surface area contributed by atoms with E-state index in [0.717, 1.165) is 5.56 Å². The number of hydrogen-bond acceptors (Lipinski definition) is 3. The van der Waals surface area contributed by atoms with E-state index in [9.17, 15) is 4.79 Å². The first-order valence-corrected chi connectivity index (χ1v) is 4.74. The van der Waals surface area contributed by atoms with Crippen molar-refractivity contribution in [3.63, 3.8) is 0 Å². The van der Waals surface area contributed by atoms with Gasteiger partial charge in [0, 0.05) is 18.8 Å². The zero-order valence-corrected chi connectivity index (χ0v) is 9.56. The molecule has 0 aliphatic rings. The van der Waals surface area contributed by atoms with Crippen LogP contribution in [0.4, 0.5) is 0 Å². The Labute approximate surface area is 89.3 Å². The standard InChI is InChI=1S/C10H17N3O2/c1-10(12(2)3,5-9(14)15)8-6-11-13(4)7-8/h6-7H,5H2,1-4H3,(H,14,15). The highest BCUT2D eigenvalue weighted by Gasteiger charge is 2.33. The van der Waals surface area contributed by atoms with Crippen LogP contribution in [0, 0.1) is 0 Å². The van der Waals surface area contributed by atoms with Gasteiger partial charge in [0.05, 0.1) is 18.2 Å². The molecule has 1 atom stereocenters. The quantitative estimate of drug-likeness (QED) is 0.795. The molecule has 0 bridgehead atoms. The summed E-state index contributed by atoms with van der Waals surface area (Å²) in [7, 11) is 5.56. The molecular formula is C10H17N3O2. The predicted octanol–water partition coefficient (Wildman–Crippen LogP) is 0.672. The number of hydrogen-bond donors (Lipinski definition) is 1. The zero-order valence-electron chi connectivity index (χ0n) is 9.56. The van der Waals surface area contributed by atoms with Crippen molar-refractivity contribution in [2.75, 3.05) is 14.1 Å². The Hall–Kier alpha value is -1.36. The van der Waals surface area contributed by atoms with Crippen LogP contribution in [-0.4, -0.2) is 39.9 Å². The molecule has 0 spiro atoms. The monoisotopic (exact) mass is 211 g/mol. The van der Waals surface area contributed by atoms with Crippen LogP contribution in [0.2, 0.25) is 0 Å². The molecule has 15 heavy (non-hydrogen) atoms. The summed E-state index contributed by atoms with van der Waals surface area (Å²) in [6, 6.07) is 0. The van der Waals surface area contributed by atoms with Crippen LogP contribution in [0.5, 0.6) is 0 Å². The van der Waals surface area contributed by atoms with Crippen molar-refractivity contribution in [1.29, 1.82) is 0 Å². The molecule has 1 unspecified atom stereocenters. The second kappa shape index (κ2) is 4.02. The van der Waals surface area contributed by atoms with Crippen LogP contribution >= 0.6 is 0 Å². The maximum Gasteiger partial charge on any atom is 0.305 e. The molecule has 0 saturated carbocycles. The molecule has 0 aliphatic carbocycles. The van der Waals surface area contributed by atoms with Gasteiger partial charge in [-0.25, -0.2) is 0 Å². The van der Waals surface area contributed by atoms with Gasteiger partial charge in [0.15, 0.2) is 0 Å². The Morgan fingerprint density at radius 1 is 1.67 bits per heavy atom. The molecule has 1 heterocycles. The van der Waals surface area contributed by atoms with E-state index < -0.39 is 11.5 Å². The lowest BCUT2D eigenvalue weighted by atomic mass is 9.90. The van der Waals surface area contributed by atoms with Crippen molar-refractivity contribution in [2.24, 2.45) is 7.05 Å². The summed E-state index contributed by atoms with van der Waals surface area (Å²) in [6.07, 6.45) is 3.62. The topological polar surface area (TPSA) is 58.4 Å². The second-order valence-electron chi connectivity index (χ2n) is 4.14. The molecule has 0 radical (unpaired) electrons. The Balaban J connectivity index is 3.06. The van der Waals surface area contributed by atoms with Crippen molar-refractivity contribution in [3.05, 3.63) is 18.0 Å². The normalized spacial score (nSPS) is 15.3. The smallest absolute Gasteiger partial charge is 0.305 e. The highest BCUT2D eigenvalue weighted by Crippen LogP contribution is 2.29. The zero-order chi connectivity index (χ0) is 11.6. The van der Waals surface area contributed by atoms with Crippen LogP contribution in [0.25, 0.3) is 0 Å². The summed E-state index contributed by atoms with van der Waals surface area (Å²) >= 11 is 0. The first-order valence-electron chi connectivity index (χ1n) is 4.74. The van der Waals surface area contributed by atoms with Crippen molar-refractivity contribution in [3.8, 4) is 0 Å². The van der Waals surface area contributed by atoms with E-state index in [1.54, 1.807) is 10.9 Å². The molecule has 1 rings (SSSR count). The predicted molar refractivity (Wildman–Crippen MR) is 56.5 cm³/mol. The Kier molecular flexibility index (Phi) is 3.14. The van der Waals surface area contributed by atoms with E-state index in [4.69, 9.17) is 5.11 Å². The molecular weight excluding hydrogens is 194 g/mol. The first-order chi connectivity index (χ1) is 6.86. The molecule has 1 aromatic heterocycles. The van der Waals surface area contributed by atoms with Crippen molar-refractivity contribution in [1.82, 2.24) is 14.7 Å². The summed E-state index contributed by atoms with van der Waals surface area (Å²) in [4.78, 5) is 12.7. The number of rotatable bonds is 4. The van der Waals surface area contributed by atoms with Gasteiger partial charge >= 0.3 is 5.97 Å². The van der Waals surface area contributed by atoms with Crippen LogP contribution < -0.4 is 0 Å². The van der Waals surface area contributed by atoms with Gasteiger partial charge in [0.2, 0.25) is 0 Å². The van der Waals surface area contributed by atoms with Gasteiger partial charge in [-0.1, -0.05) is 0 Å².